The van der Waals surface area contributed by atoms with Crippen molar-refractivity contribution in [2.24, 2.45) is 0 Å². The van der Waals surface area contributed by atoms with Crippen LogP contribution in [0.5, 0.6) is 0 Å². The molecule has 0 atom stereocenters. The Morgan fingerprint density at radius 2 is 2.11 bits per heavy atom. The summed E-state index contributed by atoms with van der Waals surface area (Å²) in [6.45, 7) is 6.33. The number of urea groups is 1. The molecule has 1 aromatic carbocycles. The Hall–Kier alpha value is -1.55. The van der Waals surface area contributed by atoms with Gasteiger partial charge in [0.2, 0.25) is 0 Å². The smallest absolute Gasteiger partial charge is 0.321 e. The van der Waals surface area contributed by atoms with Gasteiger partial charge in [-0.3, -0.25) is 0 Å². The van der Waals surface area contributed by atoms with E-state index in [-0.39, 0.29) is 12.1 Å². The van der Waals surface area contributed by atoms with Crippen molar-refractivity contribution in [2.45, 2.75) is 39.4 Å². The fraction of sp³-hybridized carbons (Fsp3) is 0.533. The Bertz CT molecular complexity index is 426. The zero-order valence-corrected chi connectivity index (χ0v) is 11.7. The molecule has 0 bridgehead atoms. The molecule has 1 fully saturated rings. The van der Waals surface area contributed by atoms with Crippen LogP contribution < -0.4 is 5.32 Å². The number of benzene rings is 1. The molecule has 0 saturated carbocycles. The van der Waals surface area contributed by atoms with E-state index in [0.29, 0.717) is 6.61 Å². The highest BCUT2D eigenvalue weighted by Gasteiger charge is 2.17. The average Bonchev–Trinajstić information content (AvgIpc) is 2.91. The zero-order chi connectivity index (χ0) is 13.7. The van der Waals surface area contributed by atoms with E-state index in [9.17, 15) is 4.79 Å². The molecule has 0 radical (unpaired) electrons. The van der Waals surface area contributed by atoms with Crippen molar-refractivity contribution in [3.63, 3.8) is 0 Å². The second-order valence-corrected chi connectivity index (χ2v) is 5.18. The molecule has 4 heteroatoms. The first-order valence-corrected chi connectivity index (χ1v) is 6.91. The van der Waals surface area contributed by atoms with Crippen LogP contribution in [0.3, 0.4) is 0 Å². The topological polar surface area (TPSA) is 41.6 Å². The molecular formula is C15H22N2O2. The maximum Gasteiger partial charge on any atom is 0.321 e. The standard InChI is InChI=1S/C15H22N2O2/c1-12(2)19-11-13-6-5-7-14(10-13)16-15(18)17-8-3-4-9-17/h5-7,10,12H,3-4,8-9,11H2,1-2H3,(H,16,18). The molecule has 4 nitrogen and oxygen atoms in total. The third-order valence-electron chi connectivity index (χ3n) is 3.15. The van der Waals surface area contributed by atoms with E-state index < -0.39 is 0 Å². The van der Waals surface area contributed by atoms with Crippen LogP contribution in [0.4, 0.5) is 10.5 Å². The minimum atomic E-state index is -0.000530. The third kappa shape index (κ3) is 4.24. The Labute approximate surface area is 114 Å². The molecule has 0 spiro atoms. The van der Waals surface area contributed by atoms with Gasteiger partial charge in [0.1, 0.15) is 0 Å². The van der Waals surface area contributed by atoms with Gasteiger partial charge in [0.15, 0.2) is 0 Å². The molecule has 1 aliphatic heterocycles. The Morgan fingerprint density at radius 1 is 1.37 bits per heavy atom. The fourth-order valence-electron chi connectivity index (χ4n) is 2.12. The number of hydrogen-bond donors (Lipinski definition) is 1. The number of carbonyl (C=O) groups is 1. The lowest BCUT2D eigenvalue weighted by molar-refractivity contribution is 0.0657. The van der Waals surface area contributed by atoms with E-state index in [2.05, 4.69) is 5.32 Å². The number of carbonyl (C=O) groups excluding carboxylic acids is 1. The molecule has 104 valence electrons. The zero-order valence-electron chi connectivity index (χ0n) is 11.7. The van der Waals surface area contributed by atoms with Crippen LogP contribution in [0, 0.1) is 0 Å². The highest BCUT2D eigenvalue weighted by molar-refractivity contribution is 5.89. The largest absolute Gasteiger partial charge is 0.374 e. The summed E-state index contributed by atoms with van der Waals surface area (Å²) in [5.41, 5.74) is 1.91. The van der Waals surface area contributed by atoms with E-state index >= 15 is 0 Å². The van der Waals surface area contributed by atoms with Crippen molar-refractivity contribution in [3.8, 4) is 0 Å². The fourth-order valence-corrected chi connectivity index (χ4v) is 2.12. The van der Waals surface area contributed by atoms with Gasteiger partial charge in [0, 0.05) is 18.8 Å². The first kappa shape index (κ1) is 13.9. The minimum Gasteiger partial charge on any atom is -0.374 e. The molecule has 19 heavy (non-hydrogen) atoms. The SMILES string of the molecule is CC(C)OCc1cccc(NC(=O)N2CCCC2)c1. The van der Waals surface area contributed by atoms with Crippen molar-refractivity contribution in [3.05, 3.63) is 29.8 Å². The van der Waals surface area contributed by atoms with E-state index in [4.69, 9.17) is 4.74 Å². The third-order valence-corrected chi connectivity index (χ3v) is 3.15. The number of rotatable bonds is 4. The van der Waals surface area contributed by atoms with Gasteiger partial charge in [-0.05, 0) is 44.4 Å². The van der Waals surface area contributed by atoms with Gasteiger partial charge >= 0.3 is 6.03 Å². The highest BCUT2D eigenvalue weighted by atomic mass is 16.5. The molecule has 1 saturated heterocycles. The minimum absolute atomic E-state index is 0.000530. The molecule has 0 unspecified atom stereocenters. The summed E-state index contributed by atoms with van der Waals surface area (Å²) in [6, 6.07) is 7.83. The molecule has 2 rings (SSSR count). The lowest BCUT2D eigenvalue weighted by atomic mass is 10.2. The number of nitrogens with zero attached hydrogens (tertiary/aromatic N) is 1. The number of anilines is 1. The van der Waals surface area contributed by atoms with Crippen molar-refractivity contribution in [1.82, 2.24) is 4.90 Å². The van der Waals surface area contributed by atoms with E-state index in [0.717, 1.165) is 37.2 Å². The summed E-state index contributed by atoms with van der Waals surface area (Å²) in [5, 5.41) is 2.94. The Morgan fingerprint density at radius 3 is 2.79 bits per heavy atom. The van der Waals surface area contributed by atoms with Crippen LogP contribution in [0.2, 0.25) is 0 Å². The van der Waals surface area contributed by atoms with Crippen LogP contribution in [0.1, 0.15) is 32.3 Å². The van der Waals surface area contributed by atoms with Crippen LogP contribution in [-0.4, -0.2) is 30.1 Å². The van der Waals surface area contributed by atoms with Gasteiger partial charge in [0.25, 0.3) is 0 Å². The molecule has 0 aromatic heterocycles. The van der Waals surface area contributed by atoms with E-state index in [1.54, 1.807) is 0 Å². The highest BCUT2D eigenvalue weighted by Crippen LogP contribution is 2.15. The monoisotopic (exact) mass is 262 g/mol. The van der Waals surface area contributed by atoms with Gasteiger partial charge < -0.3 is 15.0 Å². The van der Waals surface area contributed by atoms with Crippen molar-refractivity contribution in [1.29, 1.82) is 0 Å². The summed E-state index contributed by atoms with van der Waals surface area (Å²) in [5.74, 6) is 0. The van der Waals surface area contributed by atoms with Crippen molar-refractivity contribution >= 4 is 11.7 Å². The Kier molecular flexibility index (Phi) is 4.80. The van der Waals surface area contributed by atoms with Gasteiger partial charge in [-0.1, -0.05) is 12.1 Å². The second-order valence-electron chi connectivity index (χ2n) is 5.18. The predicted octanol–water partition coefficient (Wildman–Crippen LogP) is 3.24. The van der Waals surface area contributed by atoms with Gasteiger partial charge in [-0.15, -0.1) is 0 Å². The summed E-state index contributed by atoms with van der Waals surface area (Å²) in [4.78, 5) is 13.8. The summed E-state index contributed by atoms with van der Waals surface area (Å²) in [7, 11) is 0. The molecule has 1 aromatic rings. The number of ether oxygens (including phenoxy) is 1. The van der Waals surface area contributed by atoms with Crippen molar-refractivity contribution in [2.75, 3.05) is 18.4 Å². The van der Waals surface area contributed by atoms with Gasteiger partial charge in [-0.2, -0.15) is 0 Å². The molecule has 1 N–H and O–H groups in total. The molecule has 2 amide bonds. The normalized spacial score (nSPS) is 15.0. The van der Waals surface area contributed by atoms with E-state index in [1.165, 1.54) is 0 Å². The molecular weight excluding hydrogens is 240 g/mol. The summed E-state index contributed by atoms with van der Waals surface area (Å²) in [6.07, 6.45) is 2.42. The van der Waals surface area contributed by atoms with Gasteiger partial charge in [0.05, 0.1) is 12.7 Å². The number of likely N-dealkylation sites (tertiary alicyclic amines) is 1. The first-order chi connectivity index (χ1) is 9.15. The number of hydrogen-bond acceptors (Lipinski definition) is 2. The molecule has 1 aliphatic rings. The quantitative estimate of drug-likeness (QED) is 0.905. The Balaban J connectivity index is 1.92. The predicted molar refractivity (Wildman–Crippen MR) is 76.2 cm³/mol. The lowest BCUT2D eigenvalue weighted by Crippen LogP contribution is -2.32. The average molecular weight is 262 g/mol. The summed E-state index contributed by atoms with van der Waals surface area (Å²) < 4.78 is 5.56. The van der Waals surface area contributed by atoms with Gasteiger partial charge in [-0.25, -0.2) is 4.79 Å². The maximum absolute atomic E-state index is 12.0. The maximum atomic E-state index is 12.0. The summed E-state index contributed by atoms with van der Waals surface area (Å²) >= 11 is 0. The lowest BCUT2D eigenvalue weighted by Gasteiger charge is -2.16. The van der Waals surface area contributed by atoms with Crippen LogP contribution in [0.15, 0.2) is 24.3 Å². The molecule has 0 aliphatic carbocycles. The number of nitrogens with one attached hydrogen (secondary N) is 1. The van der Waals surface area contributed by atoms with Crippen LogP contribution in [0.25, 0.3) is 0 Å². The first-order valence-electron chi connectivity index (χ1n) is 6.91. The van der Waals surface area contributed by atoms with Crippen LogP contribution >= 0.6 is 0 Å². The van der Waals surface area contributed by atoms with Crippen LogP contribution in [-0.2, 0) is 11.3 Å². The number of amides is 2. The second kappa shape index (κ2) is 6.57. The van der Waals surface area contributed by atoms with Crippen molar-refractivity contribution < 1.29 is 9.53 Å². The molecule has 1 heterocycles. The van der Waals surface area contributed by atoms with E-state index in [1.807, 2.05) is 43.0 Å².